The van der Waals surface area contributed by atoms with Crippen LogP contribution in [0.1, 0.15) is 78.3 Å². The number of carbonyl (C=O) groups is 4. The van der Waals surface area contributed by atoms with Gasteiger partial charge in [-0.1, -0.05) is 63.3 Å². The molecule has 3 heterocycles. The average Bonchev–Trinajstić information content (AvgIpc) is 3.63. The van der Waals surface area contributed by atoms with Gasteiger partial charge in [0.1, 0.15) is 18.2 Å². The topological polar surface area (TPSA) is 125 Å². The van der Waals surface area contributed by atoms with E-state index in [-0.39, 0.29) is 50.0 Å². The van der Waals surface area contributed by atoms with Crippen LogP contribution in [0.15, 0.2) is 55.6 Å². The van der Waals surface area contributed by atoms with E-state index in [4.69, 9.17) is 9.47 Å². The average molecular weight is 638 g/mol. The van der Waals surface area contributed by atoms with Crippen molar-refractivity contribution >= 4 is 23.7 Å². The molecule has 0 unspecified atom stereocenters. The number of esters is 1. The molecule has 10 heteroatoms. The van der Waals surface area contributed by atoms with Crippen molar-refractivity contribution in [3.05, 3.63) is 61.2 Å². The Kier molecular flexibility index (Phi) is 10.8. The molecule has 10 nitrogen and oxygen atoms in total. The number of β-amino-alcohol motifs (C(OH)–C–C–N with tert-alkyl or cyclic N) is 1. The highest BCUT2D eigenvalue weighted by molar-refractivity contribution is 5.99. The van der Waals surface area contributed by atoms with Gasteiger partial charge in [-0.25, -0.2) is 0 Å². The smallest absolute Gasteiger partial charge is 0.306 e. The van der Waals surface area contributed by atoms with E-state index >= 15 is 0 Å². The Morgan fingerprint density at radius 3 is 2.48 bits per heavy atom. The van der Waals surface area contributed by atoms with Crippen molar-refractivity contribution in [3.63, 3.8) is 0 Å². The van der Waals surface area contributed by atoms with Gasteiger partial charge in [-0.2, -0.15) is 0 Å². The Morgan fingerprint density at radius 1 is 1.17 bits per heavy atom. The molecule has 46 heavy (non-hydrogen) atoms. The van der Waals surface area contributed by atoms with Crippen LogP contribution >= 0.6 is 0 Å². The number of nitrogens with one attached hydrogen (secondary N) is 1. The molecule has 2 bridgehead atoms. The summed E-state index contributed by atoms with van der Waals surface area (Å²) >= 11 is 0. The van der Waals surface area contributed by atoms with Gasteiger partial charge < -0.3 is 29.7 Å². The van der Waals surface area contributed by atoms with Crippen molar-refractivity contribution in [1.29, 1.82) is 0 Å². The monoisotopic (exact) mass is 637 g/mol. The fourth-order valence-corrected chi connectivity index (χ4v) is 8.03. The molecular formula is C36H51N3O7. The number of aliphatic hydroxyl groups excluding tert-OH is 1. The number of likely N-dealkylation sites (tertiary alicyclic amines) is 1. The zero-order valence-corrected chi connectivity index (χ0v) is 28.0. The number of nitrogens with zero attached hydrogens (tertiary/aromatic N) is 2. The Morgan fingerprint density at radius 2 is 1.87 bits per heavy atom. The van der Waals surface area contributed by atoms with Crippen LogP contribution in [0.2, 0.25) is 0 Å². The SMILES string of the molecule is C=CCCC(=O)OC[C@H](NC(=O)[C@@H]1[C@@H]2CC[C@]3(O2)[C@H](C(=O)N(CC=C)C(C)(C)CC(C)(C)C)N(CCO)C(=O)[C@@H]13)c1ccccc1. The maximum Gasteiger partial charge on any atom is 0.306 e. The lowest BCUT2D eigenvalue weighted by atomic mass is 9.70. The maximum absolute atomic E-state index is 14.7. The van der Waals surface area contributed by atoms with E-state index < -0.39 is 53.0 Å². The second-order valence-electron chi connectivity index (χ2n) is 14.6. The second kappa shape index (κ2) is 14.1. The van der Waals surface area contributed by atoms with E-state index in [9.17, 15) is 24.3 Å². The van der Waals surface area contributed by atoms with Crippen molar-refractivity contribution in [2.45, 2.75) is 96.1 Å². The molecule has 1 aromatic rings. The number of rotatable bonds is 15. The van der Waals surface area contributed by atoms with E-state index in [1.165, 1.54) is 4.90 Å². The van der Waals surface area contributed by atoms with Crippen molar-refractivity contribution in [1.82, 2.24) is 15.1 Å². The molecule has 3 saturated heterocycles. The number of amides is 3. The zero-order valence-electron chi connectivity index (χ0n) is 28.0. The van der Waals surface area contributed by atoms with Gasteiger partial charge in [-0.15, -0.1) is 13.2 Å². The largest absolute Gasteiger partial charge is 0.463 e. The fraction of sp³-hybridized carbons (Fsp3) is 0.611. The van der Waals surface area contributed by atoms with E-state index in [2.05, 4.69) is 39.2 Å². The first-order chi connectivity index (χ1) is 21.7. The Labute approximate surface area is 273 Å². The van der Waals surface area contributed by atoms with Crippen molar-refractivity contribution < 1.29 is 33.8 Å². The van der Waals surface area contributed by atoms with Crippen molar-refractivity contribution in [2.75, 3.05) is 26.3 Å². The minimum absolute atomic E-state index is 0.0508. The zero-order chi connectivity index (χ0) is 33.9. The van der Waals surface area contributed by atoms with Crippen LogP contribution in [0.4, 0.5) is 0 Å². The second-order valence-corrected chi connectivity index (χ2v) is 14.6. The molecule has 0 radical (unpaired) electrons. The molecule has 1 spiro atoms. The minimum Gasteiger partial charge on any atom is -0.463 e. The molecule has 3 aliphatic rings. The predicted molar refractivity (Wildman–Crippen MR) is 174 cm³/mol. The van der Waals surface area contributed by atoms with Crippen LogP contribution in [-0.2, 0) is 28.7 Å². The van der Waals surface area contributed by atoms with Crippen LogP contribution in [0.25, 0.3) is 0 Å². The standard InChI is InChI=1S/C36H51N3O7/c1-8-10-16-27(41)45-22-25(24-14-12-11-13-15-24)37-31(42)28-26-17-18-36(46-26)29(28)32(43)38(20-21-40)30(36)33(44)39(19-9-2)35(6,7)23-34(3,4)5/h8-9,11-15,25-26,28-30,40H,1-2,10,16-23H2,3-7H3,(H,37,42)/t25-,26-,28+,29+,30-,36+/m0/s1. The van der Waals surface area contributed by atoms with Crippen LogP contribution in [0.3, 0.4) is 0 Å². The lowest BCUT2D eigenvalue weighted by Crippen LogP contribution is -2.61. The highest BCUT2D eigenvalue weighted by Gasteiger charge is 2.74. The summed E-state index contributed by atoms with van der Waals surface area (Å²) in [6, 6.07) is 7.57. The van der Waals surface area contributed by atoms with Crippen LogP contribution < -0.4 is 5.32 Å². The number of fused-ring (bicyclic) bond motifs is 1. The van der Waals surface area contributed by atoms with E-state index in [1.807, 2.05) is 44.2 Å². The third-order valence-corrected chi connectivity index (χ3v) is 9.43. The molecule has 3 aliphatic heterocycles. The van der Waals surface area contributed by atoms with Gasteiger partial charge in [0, 0.05) is 25.0 Å². The number of allylic oxidation sites excluding steroid dienone is 1. The number of aliphatic hydroxyl groups is 1. The lowest BCUT2D eigenvalue weighted by Gasteiger charge is -2.45. The lowest BCUT2D eigenvalue weighted by molar-refractivity contribution is -0.153. The van der Waals surface area contributed by atoms with Gasteiger partial charge in [0.05, 0.1) is 30.6 Å². The van der Waals surface area contributed by atoms with Gasteiger partial charge >= 0.3 is 5.97 Å². The minimum atomic E-state index is -1.20. The molecule has 0 aromatic heterocycles. The van der Waals surface area contributed by atoms with Crippen molar-refractivity contribution in [3.8, 4) is 0 Å². The van der Waals surface area contributed by atoms with E-state index in [1.54, 1.807) is 17.1 Å². The maximum atomic E-state index is 14.7. The highest BCUT2D eigenvalue weighted by atomic mass is 16.5. The number of ether oxygens (including phenoxy) is 2. The molecular weight excluding hydrogens is 586 g/mol. The first-order valence-electron chi connectivity index (χ1n) is 16.3. The Balaban J connectivity index is 1.64. The first-order valence-corrected chi connectivity index (χ1v) is 16.3. The summed E-state index contributed by atoms with van der Waals surface area (Å²) in [5.41, 5.74) is -1.11. The summed E-state index contributed by atoms with van der Waals surface area (Å²) in [7, 11) is 0. The van der Waals surface area contributed by atoms with Gasteiger partial charge in [0.2, 0.25) is 17.7 Å². The fourth-order valence-electron chi connectivity index (χ4n) is 8.03. The third-order valence-electron chi connectivity index (χ3n) is 9.43. The molecule has 4 rings (SSSR count). The van der Waals surface area contributed by atoms with E-state index in [0.29, 0.717) is 25.7 Å². The first kappa shape index (κ1) is 35.4. The van der Waals surface area contributed by atoms with Gasteiger partial charge in [-0.3, -0.25) is 19.2 Å². The van der Waals surface area contributed by atoms with Crippen molar-refractivity contribution in [2.24, 2.45) is 17.3 Å². The Bertz CT molecular complexity index is 1310. The summed E-state index contributed by atoms with van der Waals surface area (Å²) in [6.45, 7) is 17.7. The number of benzene rings is 1. The summed E-state index contributed by atoms with van der Waals surface area (Å²) in [4.78, 5) is 58.5. The summed E-state index contributed by atoms with van der Waals surface area (Å²) in [5.74, 6) is -3.17. The molecule has 2 N–H and O–H groups in total. The molecule has 6 atom stereocenters. The molecule has 0 saturated carbocycles. The van der Waals surface area contributed by atoms with E-state index in [0.717, 1.165) is 5.56 Å². The summed E-state index contributed by atoms with van der Waals surface area (Å²) < 4.78 is 12.1. The number of hydrogen-bond acceptors (Lipinski definition) is 7. The molecule has 3 fully saturated rings. The number of hydrogen-bond donors (Lipinski definition) is 2. The third kappa shape index (κ3) is 7.08. The molecule has 1 aromatic carbocycles. The molecule has 3 amide bonds. The van der Waals surface area contributed by atoms with Crippen LogP contribution in [0.5, 0.6) is 0 Å². The highest BCUT2D eigenvalue weighted by Crippen LogP contribution is 2.59. The van der Waals surface area contributed by atoms with Gasteiger partial charge in [0.25, 0.3) is 0 Å². The Hall–Kier alpha value is -3.50. The normalized spacial score (nSPS) is 26.0. The van der Waals surface area contributed by atoms with Gasteiger partial charge in [0.15, 0.2) is 0 Å². The molecule has 252 valence electrons. The molecule has 0 aliphatic carbocycles. The quantitative estimate of drug-likeness (QED) is 0.220. The summed E-state index contributed by atoms with van der Waals surface area (Å²) in [5, 5.41) is 13.0. The van der Waals surface area contributed by atoms with Crippen LogP contribution in [0, 0.1) is 17.3 Å². The predicted octanol–water partition coefficient (Wildman–Crippen LogP) is 3.95. The summed E-state index contributed by atoms with van der Waals surface area (Å²) in [6.07, 6.45) is 5.09. The number of carbonyl (C=O) groups excluding carboxylic acids is 4. The van der Waals surface area contributed by atoms with Gasteiger partial charge in [-0.05, 0) is 50.5 Å². The van der Waals surface area contributed by atoms with Crippen LogP contribution in [-0.4, -0.2) is 88.2 Å².